The molecule has 2 saturated heterocycles. The molecule has 0 radical (unpaired) electrons. The Balaban J connectivity index is 1.88. The van der Waals surface area contributed by atoms with Crippen molar-refractivity contribution < 1.29 is 9.59 Å². The van der Waals surface area contributed by atoms with E-state index in [1.807, 2.05) is 0 Å². The van der Waals surface area contributed by atoms with Crippen LogP contribution in [-0.4, -0.2) is 46.8 Å². The van der Waals surface area contributed by atoms with E-state index in [9.17, 15) is 9.59 Å². The Morgan fingerprint density at radius 2 is 1.54 bits per heavy atom. The van der Waals surface area contributed by atoms with Crippen LogP contribution in [0.15, 0.2) is 0 Å². The van der Waals surface area contributed by atoms with Gasteiger partial charge in [0.05, 0.1) is 0 Å². The molecule has 0 spiro atoms. The molecular formula is C20H36N2O2. The van der Waals surface area contributed by atoms with Crippen LogP contribution in [-0.2, 0) is 9.59 Å². The van der Waals surface area contributed by atoms with Crippen molar-refractivity contribution in [2.24, 2.45) is 5.92 Å². The first-order valence-corrected chi connectivity index (χ1v) is 10.1. The van der Waals surface area contributed by atoms with Gasteiger partial charge in [0.15, 0.2) is 0 Å². The van der Waals surface area contributed by atoms with E-state index in [1.54, 1.807) is 0 Å². The summed E-state index contributed by atoms with van der Waals surface area (Å²) in [5.41, 5.74) is 0. The Kier molecular flexibility index (Phi) is 7.57. The van der Waals surface area contributed by atoms with Gasteiger partial charge in [0.25, 0.3) is 0 Å². The first kappa shape index (κ1) is 19.3. The van der Waals surface area contributed by atoms with E-state index in [1.165, 1.54) is 6.42 Å². The van der Waals surface area contributed by atoms with Crippen molar-refractivity contribution in [2.45, 2.75) is 97.1 Å². The van der Waals surface area contributed by atoms with Gasteiger partial charge in [0.2, 0.25) is 11.8 Å². The van der Waals surface area contributed by atoms with Crippen molar-refractivity contribution in [3.05, 3.63) is 0 Å². The molecule has 0 aliphatic carbocycles. The Morgan fingerprint density at radius 1 is 0.875 bits per heavy atom. The third kappa shape index (κ3) is 4.97. The highest BCUT2D eigenvalue weighted by Crippen LogP contribution is 2.25. The first-order valence-electron chi connectivity index (χ1n) is 10.1. The standard InChI is InChI=1S/C20H36N2O2/c1-4-17(21-15-9-13-19(21)23)10-8-11-18(16(2)3)22-14-7-5-6-12-20(22)24/h16-18H,4-15H2,1-3H3. The zero-order valence-electron chi connectivity index (χ0n) is 15.9. The zero-order chi connectivity index (χ0) is 17.5. The summed E-state index contributed by atoms with van der Waals surface area (Å²) in [6.07, 6.45) is 10.2. The Labute approximate surface area is 148 Å². The third-order valence-corrected chi connectivity index (χ3v) is 5.84. The van der Waals surface area contributed by atoms with Crippen LogP contribution in [0.2, 0.25) is 0 Å². The van der Waals surface area contributed by atoms with Gasteiger partial charge >= 0.3 is 0 Å². The second-order valence-corrected chi connectivity index (χ2v) is 7.89. The van der Waals surface area contributed by atoms with Crippen LogP contribution in [0.5, 0.6) is 0 Å². The quantitative estimate of drug-likeness (QED) is 0.672. The lowest BCUT2D eigenvalue weighted by Crippen LogP contribution is -2.43. The fraction of sp³-hybridized carbons (Fsp3) is 0.900. The number of likely N-dealkylation sites (tertiary alicyclic amines) is 2. The minimum Gasteiger partial charge on any atom is -0.340 e. The van der Waals surface area contributed by atoms with Gasteiger partial charge in [0.1, 0.15) is 0 Å². The SMILES string of the molecule is CCC(CCCC(C(C)C)N1CCCCCC1=O)N1CCCC1=O. The smallest absolute Gasteiger partial charge is 0.222 e. The van der Waals surface area contributed by atoms with Gasteiger partial charge in [-0.2, -0.15) is 0 Å². The number of rotatable bonds is 8. The molecule has 0 bridgehead atoms. The minimum atomic E-state index is 0.338. The van der Waals surface area contributed by atoms with Crippen molar-refractivity contribution in [1.29, 1.82) is 0 Å². The molecule has 0 aromatic heterocycles. The average Bonchev–Trinajstić information content (AvgIpc) is 2.86. The highest BCUT2D eigenvalue weighted by atomic mass is 16.2. The number of carbonyl (C=O) groups is 2. The molecule has 138 valence electrons. The van der Waals surface area contributed by atoms with Crippen molar-refractivity contribution in [2.75, 3.05) is 13.1 Å². The maximum atomic E-state index is 12.4. The fourth-order valence-electron chi connectivity index (χ4n) is 4.40. The van der Waals surface area contributed by atoms with Crippen LogP contribution in [0.1, 0.15) is 85.0 Å². The summed E-state index contributed by atoms with van der Waals surface area (Å²) in [6, 6.07) is 0.759. The monoisotopic (exact) mass is 336 g/mol. The van der Waals surface area contributed by atoms with Gasteiger partial charge < -0.3 is 9.80 Å². The Bertz CT molecular complexity index is 422. The molecule has 4 heteroatoms. The van der Waals surface area contributed by atoms with E-state index in [0.29, 0.717) is 29.8 Å². The fourth-order valence-corrected chi connectivity index (χ4v) is 4.40. The largest absolute Gasteiger partial charge is 0.340 e. The topological polar surface area (TPSA) is 40.6 Å². The molecule has 2 aliphatic heterocycles. The Hall–Kier alpha value is -1.06. The van der Waals surface area contributed by atoms with Crippen LogP contribution in [0, 0.1) is 5.92 Å². The lowest BCUT2D eigenvalue weighted by Gasteiger charge is -2.35. The lowest BCUT2D eigenvalue weighted by molar-refractivity contribution is -0.134. The van der Waals surface area contributed by atoms with Crippen LogP contribution >= 0.6 is 0 Å². The number of carbonyl (C=O) groups excluding carboxylic acids is 2. The third-order valence-electron chi connectivity index (χ3n) is 5.84. The highest BCUT2D eigenvalue weighted by Gasteiger charge is 2.29. The molecule has 2 unspecified atom stereocenters. The predicted octanol–water partition coefficient (Wildman–Crippen LogP) is 3.98. The molecule has 2 heterocycles. The van der Waals surface area contributed by atoms with Crippen LogP contribution in [0.3, 0.4) is 0 Å². The minimum absolute atomic E-state index is 0.338. The van der Waals surface area contributed by atoms with E-state index in [4.69, 9.17) is 0 Å². The van der Waals surface area contributed by atoms with Crippen molar-refractivity contribution in [3.8, 4) is 0 Å². The highest BCUT2D eigenvalue weighted by molar-refractivity contribution is 5.78. The molecule has 0 saturated carbocycles. The molecule has 2 fully saturated rings. The van der Waals surface area contributed by atoms with E-state index in [2.05, 4.69) is 30.6 Å². The molecule has 0 aromatic rings. The Morgan fingerprint density at radius 3 is 2.17 bits per heavy atom. The first-order chi connectivity index (χ1) is 11.5. The maximum absolute atomic E-state index is 12.4. The second-order valence-electron chi connectivity index (χ2n) is 7.89. The normalized spacial score (nSPS) is 22.2. The molecule has 2 aliphatic rings. The summed E-state index contributed by atoms with van der Waals surface area (Å²) in [4.78, 5) is 28.7. The molecule has 4 nitrogen and oxygen atoms in total. The van der Waals surface area contributed by atoms with Gasteiger partial charge in [-0.25, -0.2) is 0 Å². The maximum Gasteiger partial charge on any atom is 0.222 e. The van der Waals surface area contributed by atoms with E-state index >= 15 is 0 Å². The number of amides is 2. The van der Waals surface area contributed by atoms with Gasteiger partial charge in [-0.3, -0.25) is 9.59 Å². The molecular weight excluding hydrogens is 300 g/mol. The number of hydrogen-bond donors (Lipinski definition) is 0. The lowest BCUT2D eigenvalue weighted by atomic mass is 9.94. The summed E-state index contributed by atoms with van der Waals surface area (Å²) in [5, 5.41) is 0. The second kappa shape index (κ2) is 9.43. The van der Waals surface area contributed by atoms with E-state index in [0.717, 1.165) is 70.9 Å². The van der Waals surface area contributed by atoms with Crippen molar-refractivity contribution in [1.82, 2.24) is 9.80 Å². The molecule has 2 amide bonds. The van der Waals surface area contributed by atoms with Crippen molar-refractivity contribution in [3.63, 3.8) is 0 Å². The molecule has 2 rings (SSSR count). The summed E-state index contributed by atoms with van der Waals surface area (Å²) in [5.74, 6) is 1.19. The van der Waals surface area contributed by atoms with Gasteiger partial charge in [0, 0.05) is 38.0 Å². The molecule has 24 heavy (non-hydrogen) atoms. The summed E-state index contributed by atoms with van der Waals surface area (Å²) < 4.78 is 0. The average molecular weight is 337 g/mol. The van der Waals surface area contributed by atoms with E-state index in [-0.39, 0.29) is 0 Å². The summed E-state index contributed by atoms with van der Waals surface area (Å²) in [7, 11) is 0. The van der Waals surface area contributed by atoms with Gasteiger partial charge in [-0.15, -0.1) is 0 Å². The number of hydrogen-bond acceptors (Lipinski definition) is 2. The van der Waals surface area contributed by atoms with Crippen LogP contribution in [0.4, 0.5) is 0 Å². The molecule has 0 aromatic carbocycles. The van der Waals surface area contributed by atoms with Crippen LogP contribution < -0.4 is 0 Å². The zero-order valence-corrected chi connectivity index (χ0v) is 15.9. The summed E-state index contributed by atoms with van der Waals surface area (Å²) in [6.45, 7) is 8.54. The summed E-state index contributed by atoms with van der Waals surface area (Å²) >= 11 is 0. The van der Waals surface area contributed by atoms with Gasteiger partial charge in [-0.1, -0.05) is 27.2 Å². The van der Waals surface area contributed by atoms with E-state index < -0.39 is 0 Å². The number of nitrogens with zero attached hydrogens (tertiary/aromatic N) is 2. The molecule has 0 N–H and O–H groups in total. The van der Waals surface area contributed by atoms with Crippen LogP contribution in [0.25, 0.3) is 0 Å². The predicted molar refractivity (Wildman–Crippen MR) is 97.7 cm³/mol. The van der Waals surface area contributed by atoms with Crippen molar-refractivity contribution >= 4 is 11.8 Å². The van der Waals surface area contributed by atoms with Gasteiger partial charge in [-0.05, 0) is 50.9 Å². The molecule has 2 atom stereocenters.